The highest BCUT2D eigenvalue weighted by Crippen LogP contribution is 2.03. The molecule has 0 aliphatic carbocycles. The fraction of sp³-hybridized carbons (Fsp3) is 0.667. The maximum Gasteiger partial charge on any atom is 0.323 e. The van der Waals surface area contributed by atoms with Crippen LogP contribution in [0, 0.1) is 0 Å². The van der Waals surface area contributed by atoms with E-state index in [1.165, 1.54) is 6.92 Å². The Bertz CT molecular complexity index is 574. The number of aliphatic carboxylic acids is 1. The lowest BCUT2D eigenvalue weighted by Crippen LogP contribution is -2.48. The smallest absolute Gasteiger partial charge is 0.323 e. The molecule has 9 nitrogen and oxygen atoms in total. The maximum atomic E-state index is 12.7. The second-order valence-electron chi connectivity index (χ2n) is 6.37. The highest BCUT2D eigenvalue weighted by Gasteiger charge is 2.23. The van der Waals surface area contributed by atoms with Crippen LogP contribution in [0.4, 0.5) is 4.39 Å². The Labute approximate surface area is 165 Å². The fourth-order valence-electron chi connectivity index (χ4n) is 2.24. The monoisotopic (exact) mass is 402 g/mol. The topological polar surface area (TPSA) is 110 Å². The van der Waals surface area contributed by atoms with Crippen molar-refractivity contribution in [3.8, 4) is 0 Å². The number of likely N-dealkylation sites (N-methyl/N-ethyl adjacent to an activating group) is 1. The summed E-state index contributed by atoms with van der Waals surface area (Å²) >= 11 is 0. The predicted molar refractivity (Wildman–Crippen MR) is 102 cm³/mol. The van der Waals surface area contributed by atoms with Crippen molar-refractivity contribution in [1.29, 1.82) is 0 Å². The third-order valence-electron chi connectivity index (χ3n) is 3.91. The van der Waals surface area contributed by atoms with Crippen LogP contribution in [0.5, 0.6) is 0 Å². The van der Waals surface area contributed by atoms with Gasteiger partial charge in [-0.15, -0.1) is 0 Å². The van der Waals surface area contributed by atoms with Gasteiger partial charge in [0.2, 0.25) is 11.8 Å². The minimum atomic E-state index is -1.38. The average molecular weight is 402 g/mol. The molecular formula is C18H31FN4O5. The fourth-order valence-corrected chi connectivity index (χ4v) is 2.24. The van der Waals surface area contributed by atoms with Crippen LogP contribution in [-0.4, -0.2) is 96.4 Å². The van der Waals surface area contributed by atoms with Gasteiger partial charge in [-0.05, 0) is 26.5 Å². The van der Waals surface area contributed by atoms with Crippen molar-refractivity contribution in [3.05, 3.63) is 11.9 Å². The molecule has 0 unspecified atom stereocenters. The number of hydrogen-bond acceptors (Lipinski definition) is 6. The van der Waals surface area contributed by atoms with E-state index in [-0.39, 0.29) is 5.91 Å². The molecule has 160 valence electrons. The molecule has 1 heterocycles. The van der Waals surface area contributed by atoms with E-state index in [0.29, 0.717) is 11.4 Å². The van der Waals surface area contributed by atoms with Crippen molar-refractivity contribution in [2.45, 2.75) is 27.2 Å². The SMILES string of the molecule is C/C=C(/F)C(=O)N(CC(=O)O)C(C)=O.CCCNC(=O)CN1CCN(C)CC1. The number of piperazine rings is 1. The molecule has 1 aliphatic rings. The van der Waals surface area contributed by atoms with E-state index in [1.807, 2.05) is 0 Å². The number of carbonyl (C=O) groups is 4. The zero-order chi connectivity index (χ0) is 21.7. The normalized spacial score (nSPS) is 15.2. The first-order chi connectivity index (χ1) is 13.1. The first-order valence-electron chi connectivity index (χ1n) is 9.15. The van der Waals surface area contributed by atoms with Gasteiger partial charge in [0.1, 0.15) is 6.54 Å². The molecule has 1 fully saturated rings. The Hall–Kier alpha value is -2.33. The molecule has 10 heteroatoms. The number of rotatable bonds is 7. The van der Waals surface area contributed by atoms with Gasteiger partial charge in [-0.1, -0.05) is 6.92 Å². The zero-order valence-electron chi connectivity index (χ0n) is 17.0. The highest BCUT2D eigenvalue weighted by atomic mass is 19.1. The second-order valence-corrected chi connectivity index (χ2v) is 6.37. The van der Waals surface area contributed by atoms with Crippen LogP contribution in [0.15, 0.2) is 11.9 Å². The molecule has 0 spiro atoms. The van der Waals surface area contributed by atoms with Crippen LogP contribution in [0.3, 0.4) is 0 Å². The van der Waals surface area contributed by atoms with E-state index in [0.717, 1.165) is 52.1 Å². The Morgan fingerprint density at radius 3 is 2.18 bits per heavy atom. The summed E-state index contributed by atoms with van der Waals surface area (Å²) in [6, 6.07) is 0. The van der Waals surface area contributed by atoms with Gasteiger partial charge in [-0.2, -0.15) is 0 Å². The molecule has 3 amide bonds. The Kier molecular flexibility index (Phi) is 12.6. The number of imide groups is 1. The van der Waals surface area contributed by atoms with E-state index in [2.05, 4.69) is 29.1 Å². The second kappa shape index (κ2) is 13.8. The standard InChI is InChI=1S/C10H21N3O.C8H10FNO4/c1-3-4-11-10(14)9-13-7-5-12(2)6-8-13;1-3-6(9)8(14)10(5(2)11)4-7(12)13/h3-9H2,1-2H3,(H,11,14);3H,4H2,1-2H3,(H,12,13)/b;6-3+. The number of halogens is 1. The summed E-state index contributed by atoms with van der Waals surface area (Å²) in [5.41, 5.74) is 0. The van der Waals surface area contributed by atoms with Gasteiger partial charge >= 0.3 is 5.97 Å². The van der Waals surface area contributed by atoms with Crippen LogP contribution >= 0.6 is 0 Å². The number of hydrogen-bond donors (Lipinski definition) is 2. The molecule has 2 N–H and O–H groups in total. The van der Waals surface area contributed by atoms with Crippen LogP contribution in [0.1, 0.15) is 27.2 Å². The molecule has 0 aromatic carbocycles. The molecule has 28 heavy (non-hydrogen) atoms. The molecule has 0 saturated carbocycles. The summed E-state index contributed by atoms with van der Waals surface area (Å²) in [6.07, 6.45) is 1.87. The first kappa shape index (κ1) is 25.7. The van der Waals surface area contributed by atoms with Gasteiger partial charge in [0.05, 0.1) is 6.54 Å². The molecule has 1 saturated heterocycles. The Morgan fingerprint density at radius 1 is 1.18 bits per heavy atom. The van der Waals surface area contributed by atoms with E-state index >= 15 is 0 Å². The summed E-state index contributed by atoms with van der Waals surface area (Å²) < 4.78 is 12.7. The summed E-state index contributed by atoms with van der Waals surface area (Å²) in [5, 5.41) is 11.2. The number of amides is 3. The van der Waals surface area contributed by atoms with Crippen LogP contribution in [0.25, 0.3) is 0 Å². The van der Waals surface area contributed by atoms with Gasteiger partial charge in [-0.25, -0.2) is 4.39 Å². The van der Waals surface area contributed by atoms with Crippen LogP contribution in [0.2, 0.25) is 0 Å². The molecule has 0 aromatic heterocycles. The van der Waals surface area contributed by atoms with E-state index in [4.69, 9.17) is 5.11 Å². The van der Waals surface area contributed by atoms with Crippen molar-refractivity contribution >= 4 is 23.7 Å². The average Bonchev–Trinajstić information content (AvgIpc) is 2.65. The lowest BCUT2D eigenvalue weighted by molar-refractivity contribution is -0.150. The highest BCUT2D eigenvalue weighted by molar-refractivity contribution is 6.04. The molecule has 1 aliphatic heterocycles. The van der Waals surface area contributed by atoms with Crippen molar-refractivity contribution in [3.63, 3.8) is 0 Å². The predicted octanol–water partition coefficient (Wildman–Crippen LogP) is 0.0794. The largest absolute Gasteiger partial charge is 0.480 e. The minimum Gasteiger partial charge on any atom is -0.480 e. The van der Waals surface area contributed by atoms with Gasteiger partial charge in [-0.3, -0.25) is 29.0 Å². The summed E-state index contributed by atoms with van der Waals surface area (Å²) in [4.78, 5) is 48.3. The zero-order valence-corrected chi connectivity index (χ0v) is 17.0. The number of carbonyl (C=O) groups excluding carboxylic acids is 3. The van der Waals surface area contributed by atoms with Crippen LogP contribution in [-0.2, 0) is 19.2 Å². The third kappa shape index (κ3) is 10.7. The van der Waals surface area contributed by atoms with Crippen molar-refractivity contribution in [1.82, 2.24) is 20.0 Å². The Balaban J connectivity index is 0.000000521. The summed E-state index contributed by atoms with van der Waals surface area (Å²) in [7, 11) is 2.12. The lowest BCUT2D eigenvalue weighted by Gasteiger charge is -2.31. The quantitative estimate of drug-likeness (QED) is 0.580. The Morgan fingerprint density at radius 2 is 1.75 bits per heavy atom. The summed E-state index contributed by atoms with van der Waals surface area (Å²) in [6.45, 7) is 9.01. The number of carboxylic acids is 1. The van der Waals surface area contributed by atoms with Crippen LogP contribution < -0.4 is 5.32 Å². The number of allylic oxidation sites excluding steroid dienone is 1. The van der Waals surface area contributed by atoms with Gasteiger partial charge in [0.15, 0.2) is 5.83 Å². The first-order valence-corrected chi connectivity index (χ1v) is 9.15. The van der Waals surface area contributed by atoms with Gasteiger partial charge in [0, 0.05) is 39.6 Å². The molecule has 1 rings (SSSR count). The summed E-state index contributed by atoms with van der Waals surface area (Å²) in [5.74, 6) is -4.41. The number of carboxylic acid groups (broad SMARTS) is 1. The molecule has 0 radical (unpaired) electrons. The number of nitrogens with zero attached hydrogens (tertiary/aromatic N) is 3. The third-order valence-corrected chi connectivity index (χ3v) is 3.91. The van der Waals surface area contributed by atoms with Crippen molar-refractivity contribution < 1.29 is 28.7 Å². The molecule has 0 atom stereocenters. The van der Waals surface area contributed by atoms with Gasteiger partial charge in [0.25, 0.3) is 5.91 Å². The van der Waals surface area contributed by atoms with E-state index < -0.39 is 30.2 Å². The van der Waals surface area contributed by atoms with E-state index in [1.54, 1.807) is 0 Å². The lowest BCUT2D eigenvalue weighted by atomic mass is 10.3. The van der Waals surface area contributed by atoms with Crippen molar-refractivity contribution in [2.75, 3.05) is 52.9 Å². The number of nitrogens with one attached hydrogen (secondary N) is 1. The molecular weight excluding hydrogens is 371 g/mol. The van der Waals surface area contributed by atoms with E-state index in [9.17, 15) is 23.6 Å². The molecule has 0 bridgehead atoms. The van der Waals surface area contributed by atoms with Crippen molar-refractivity contribution in [2.24, 2.45) is 0 Å². The molecule has 0 aromatic rings. The maximum absolute atomic E-state index is 12.7. The minimum absolute atomic E-state index is 0.163. The van der Waals surface area contributed by atoms with Gasteiger partial charge < -0.3 is 15.3 Å².